The van der Waals surface area contributed by atoms with Gasteiger partial charge in [-0.2, -0.15) is 10.2 Å². The summed E-state index contributed by atoms with van der Waals surface area (Å²) in [6.07, 6.45) is 3.54. The number of nitrogens with one attached hydrogen (secondary N) is 3. The molecule has 5 heteroatoms. The van der Waals surface area contributed by atoms with Gasteiger partial charge in [-0.05, 0) is 18.2 Å². The van der Waals surface area contributed by atoms with Gasteiger partial charge in [0.15, 0.2) is 0 Å². The van der Waals surface area contributed by atoms with Crippen LogP contribution in [-0.2, 0) is 0 Å². The van der Waals surface area contributed by atoms with E-state index in [9.17, 15) is 0 Å². The molecule has 3 aromatic heterocycles. The SMILES string of the molecule is c1ccc2c(c1)[nH]c1c(-c3ccn[nH]3)c(-c3ccn[nH]3)ccc12. The normalized spacial score (nSPS) is 11.5. The number of H-pyrrole nitrogens is 3. The largest absolute Gasteiger partial charge is 0.354 e. The van der Waals surface area contributed by atoms with Gasteiger partial charge in [-0.1, -0.05) is 30.3 Å². The fourth-order valence-electron chi connectivity index (χ4n) is 3.22. The maximum Gasteiger partial charge on any atom is 0.0678 e. The minimum absolute atomic E-state index is 0.978. The Balaban J connectivity index is 1.96. The average Bonchev–Trinajstić information content (AvgIpc) is 3.33. The van der Waals surface area contributed by atoms with E-state index in [4.69, 9.17) is 0 Å². The number of para-hydroxylation sites is 1. The van der Waals surface area contributed by atoms with Crippen LogP contribution in [0.5, 0.6) is 0 Å². The fourth-order valence-corrected chi connectivity index (χ4v) is 3.22. The van der Waals surface area contributed by atoms with Crippen LogP contribution >= 0.6 is 0 Å². The van der Waals surface area contributed by atoms with Crippen LogP contribution in [0.2, 0.25) is 0 Å². The highest BCUT2D eigenvalue weighted by atomic mass is 15.1. The standard InChI is InChI=1S/C18H13N5/c1-2-4-14-11(3-1)12-5-6-13(15-7-9-19-22-15)17(18(12)21-14)16-8-10-20-23-16/h1-10,21H,(H,19,22)(H,20,23). The molecule has 110 valence electrons. The molecule has 2 aromatic carbocycles. The summed E-state index contributed by atoms with van der Waals surface area (Å²) >= 11 is 0. The molecule has 23 heavy (non-hydrogen) atoms. The van der Waals surface area contributed by atoms with Crippen LogP contribution in [0.4, 0.5) is 0 Å². The van der Waals surface area contributed by atoms with E-state index < -0.39 is 0 Å². The first-order chi connectivity index (χ1) is 11.4. The number of rotatable bonds is 2. The molecule has 0 atom stereocenters. The van der Waals surface area contributed by atoms with Crippen molar-refractivity contribution in [2.75, 3.05) is 0 Å². The van der Waals surface area contributed by atoms with E-state index in [1.165, 1.54) is 10.8 Å². The van der Waals surface area contributed by atoms with Crippen LogP contribution in [0.25, 0.3) is 44.3 Å². The van der Waals surface area contributed by atoms with Crippen molar-refractivity contribution in [2.24, 2.45) is 0 Å². The average molecular weight is 299 g/mol. The van der Waals surface area contributed by atoms with Crippen molar-refractivity contribution >= 4 is 21.8 Å². The molecule has 0 bridgehead atoms. The molecular weight excluding hydrogens is 286 g/mol. The Bertz CT molecular complexity index is 1100. The van der Waals surface area contributed by atoms with E-state index in [2.05, 4.69) is 55.7 Å². The number of hydrogen-bond donors (Lipinski definition) is 3. The first-order valence-corrected chi connectivity index (χ1v) is 7.45. The van der Waals surface area contributed by atoms with Crippen LogP contribution in [0, 0.1) is 0 Å². The third-order valence-electron chi connectivity index (χ3n) is 4.24. The molecule has 5 rings (SSSR count). The molecule has 5 aromatic rings. The van der Waals surface area contributed by atoms with Gasteiger partial charge in [-0.25, -0.2) is 0 Å². The van der Waals surface area contributed by atoms with Gasteiger partial charge in [0, 0.05) is 39.8 Å². The van der Waals surface area contributed by atoms with E-state index in [0.29, 0.717) is 0 Å². The maximum absolute atomic E-state index is 4.12. The van der Waals surface area contributed by atoms with Gasteiger partial charge in [0.25, 0.3) is 0 Å². The second-order valence-corrected chi connectivity index (χ2v) is 5.52. The number of nitrogens with zero attached hydrogens (tertiary/aromatic N) is 2. The third-order valence-corrected chi connectivity index (χ3v) is 4.24. The van der Waals surface area contributed by atoms with E-state index in [1.54, 1.807) is 12.4 Å². The molecule has 0 spiro atoms. The molecule has 0 aliphatic heterocycles. The van der Waals surface area contributed by atoms with Crippen LogP contribution in [-0.4, -0.2) is 25.4 Å². The Kier molecular flexibility index (Phi) is 2.43. The van der Waals surface area contributed by atoms with E-state index in [-0.39, 0.29) is 0 Å². The van der Waals surface area contributed by atoms with Crippen LogP contribution in [0.3, 0.4) is 0 Å². The van der Waals surface area contributed by atoms with Gasteiger partial charge in [-0.15, -0.1) is 0 Å². The molecule has 0 aliphatic rings. The van der Waals surface area contributed by atoms with E-state index >= 15 is 0 Å². The Morgan fingerprint density at radius 2 is 1.48 bits per heavy atom. The van der Waals surface area contributed by atoms with Crippen molar-refractivity contribution in [1.29, 1.82) is 0 Å². The van der Waals surface area contributed by atoms with Crippen LogP contribution < -0.4 is 0 Å². The zero-order valence-electron chi connectivity index (χ0n) is 12.2. The summed E-state index contributed by atoms with van der Waals surface area (Å²) in [6, 6.07) is 16.6. The lowest BCUT2D eigenvalue weighted by Crippen LogP contribution is -1.88. The monoisotopic (exact) mass is 299 g/mol. The number of hydrogen-bond acceptors (Lipinski definition) is 2. The lowest BCUT2D eigenvalue weighted by molar-refractivity contribution is 1.09. The molecule has 3 heterocycles. The summed E-state index contributed by atoms with van der Waals surface area (Å²) in [5.41, 5.74) is 6.38. The Morgan fingerprint density at radius 3 is 2.26 bits per heavy atom. The minimum atomic E-state index is 0.978. The predicted molar refractivity (Wildman–Crippen MR) is 91.0 cm³/mol. The van der Waals surface area contributed by atoms with Gasteiger partial charge < -0.3 is 4.98 Å². The van der Waals surface area contributed by atoms with Crippen molar-refractivity contribution in [3.8, 4) is 22.5 Å². The van der Waals surface area contributed by atoms with Crippen molar-refractivity contribution in [3.63, 3.8) is 0 Å². The minimum Gasteiger partial charge on any atom is -0.354 e. The molecule has 3 N–H and O–H groups in total. The van der Waals surface area contributed by atoms with Gasteiger partial charge >= 0.3 is 0 Å². The lowest BCUT2D eigenvalue weighted by Gasteiger charge is -2.08. The topological polar surface area (TPSA) is 73.2 Å². The van der Waals surface area contributed by atoms with Crippen LogP contribution in [0.1, 0.15) is 0 Å². The smallest absolute Gasteiger partial charge is 0.0678 e. The van der Waals surface area contributed by atoms with Crippen molar-refractivity contribution < 1.29 is 0 Å². The van der Waals surface area contributed by atoms with E-state index in [0.717, 1.165) is 33.5 Å². The molecular formula is C18H13N5. The first-order valence-electron chi connectivity index (χ1n) is 7.45. The Labute approximate surface area is 131 Å². The highest BCUT2D eigenvalue weighted by Crippen LogP contribution is 2.38. The molecule has 0 radical (unpaired) electrons. The molecule has 0 saturated heterocycles. The van der Waals surface area contributed by atoms with Crippen LogP contribution in [0.15, 0.2) is 60.9 Å². The number of fused-ring (bicyclic) bond motifs is 3. The maximum atomic E-state index is 4.12. The summed E-state index contributed by atoms with van der Waals surface area (Å²) in [7, 11) is 0. The highest BCUT2D eigenvalue weighted by molar-refractivity contribution is 6.14. The number of benzene rings is 2. The number of aromatic amines is 3. The second kappa shape index (κ2) is 4.58. The van der Waals surface area contributed by atoms with Gasteiger partial charge in [0.1, 0.15) is 0 Å². The second-order valence-electron chi connectivity index (χ2n) is 5.52. The third kappa shape index (κ3) is 1.73. The Morgan fingerprint density at radius 1 is 0.696 bits per heavy atom. The summed E-state index contributed by atoms with van der Waals surface area (Å²) in [5, 5.41) is 16.8. The molecule has 0 aliphatic carbocycles. The molecule has 0 fully saturated rings. The molecule has 0 unspecified atom stereocenters. The first kappa shape index (κ1) is 12.2. The predicted octanol–water partition coefficient (Wildman–Crippen LogP) is 4.10. The summed E-state index contributed by atoms with van der Waals surface area (Å²) < 4.78 is 0. The van der Waals surface area contributed by atoms with Crippen molar-refractivity contribution in [1.82, 2.24) is 25.4 Å². The van der Waals surface area contributed by atoms with E-state index in [1.807, 2.05) is 18.2 Å². The Hall–Kier alpha value is -3.34. The van der Waals surface area contributed by atoms with Gasteiger partial charge in [0.2, 0.25) is 0 Å². The summed E-state index contributed by atoms with van der Waals surface area (Å²) in [5.74, 6) is 0. The van der Waals surface area contributed by atoms with Gasteiger partial charge in [-0.3, -0.25) is 10.2 Å². The quantitative estimate of drug-likeness (QED) is 0.459. The number of aromatic nitrogens is 5. The van der Waals surface area contributed by atoms with Gasteiger partial charge in [0.05, 0.1) is 16.9 Å². The fraction of sp³-hybridized carbons (Fsp3) is 0. The zero-order chi connectivity index (χ0) is 15.2. The summed E-state index contributed by atoms with van der Waals surface area (Å²) in [6.45, 7) is 0. The zero-order valence-corrected chi connectivity index (χ0v) is 12.2. The van der Waals surface area contributed by atoms with Crippen molar-refractivity contribution in [2.45, 2.75) is 0 Å². The summed E-state index contributed by atoms with van der Waals surface area (Å²) in [4.78, 5) is 3.56. The highest BCUT2D eigenvalue weighted by Gasteiger charge is 2.16. The molecule has 5 nitrogen and oxygen atoms in total. The van der Waals surface area contributed by atoms with Crippen molar-refractivity contribution in [3.05, 3.63) is 60.9 Å². The molecule has 0 saturated carbocycles. The molecule has 0 amide bonds. The lowest BCUT2D eigenvalue weighted by atomic mass is 9.98.